The summed E-state index contributed by atoms with van der Waals surface area (Å²) in [5.41, 5.74) is 8.63. The van der Waals surface area contributed by atoms with E-state index in [0.29, 0.717) is 5.92 Å². The quantitative estimate of drug-likeness (QED) is 0.190. The average molecular weight is 691 g/mol. The zero-order valence-electron chi connectivity index (χ0n) is 22.9. The molecule has 0 unspecified atom stereocenters. The third-order valence-electron chi connectivity index (χ3n) is 6.79. The summed E-state index contributed by atoms with van der Waals surface area (Å²) < 4.78 is 1.99. The van der Waals surface area contributed by atoms with E-state index in [4.69, 9.17) is 0 Å². The Labute approximate surface area is 243 Å². The second-order valence-corrected chi connectivity index (χ2v) is 10.0. The summed E-state index contributed by atoms with van der Waals surface area (Å²) in [5.74, 6) is 1.58. The zero-order valence-corrected chi connectivity index (χ0v) is 25.3. The van der Waals surface area contributed by atoms with Gasteiger partial charge in [-0.3, -0.25) is 0 Å². The number of fused-ring (bicyclic) bond motifs is 2. The summed E-state index contributed by atoms with van der Waals surface area (Å²) >= 11 is 0. The molecule has 6 aromatic rings. The van der Waals surface area contributed by atoms with Crippen molar-refractivity contribution in [1.82, 2.24) is 14.5 Å². The van der Waals surface area contributed by atoms with Crippen molar-refractivity contribution >= 4 is 21.8 Å². The first kappa shape index (κ1) is 28.2. The van der Waals surface area contributed by atoms with Crippen LogP contribution in [0.15, 0.2) is 91.1 Å². The SMILES string of the molecule is Cc1[c-]c(-c2nccc3cc(C(C)C)ccc23)cc(C)c1.Cn1c(-c2ccccc2O)nc2ccccc21.[Ir]. The van der Waals surface area contributed by atoms with Crippen molar-refractivity contribution < 1.29 is 25.2 Å². The van der Waals surface area contributed by atoms with Crippen molar-refractivity contribution in [3.05, 3.63) is 114 Å². The molecular weight excluding hydrogens is 659 g/mol. The molecule has 1 radical (unpaired) electrons. The number of nitrogens with zero attached hydrogens (tertiary/aromatic N) is 3. The number of phenolic OH excluding ortho intramolecular Hbond substituents is 1. The van der Waals surface area contributed by atoms with Crippen molar-refractivity contribution in [2.24, 2.45) is 7.05 Å². The summed E-state index contributed by atoms with van der Waals surface area (Å²) in [4.78, 5) is 9.15. The van der Waals surface area contributed by atoms with E-state index >= 15 is 0 Å². The Morgan fingerprint density at radius 1 is 0.872 bits per heavy atom. The van der Waals surface area contributed by atoms with Gasteiger partial charge in [0.05, 0.1) is 16.6 Å². The van der Waals surface area contributed by atoms with Crippen molar-refractivity contribution in [2.45, 2.75) is 33.6 Å². The fraction of sp³-hybridized carbons (Fsp3) is 0.176. The summed E-state index contributed by atoms with van der Waals surface area (Å²) in [7, 11) is 1.96. The molecule has 0 atom stereocenters. The Kier molecular flexibility index (Phi) is 8.64. The van der Waals surface area contributed by atoms with Crippen LogP contribution >= 0.6 is 0 Å². The van der Waals surface area contributed by atoms with Crippen molar-refractivity contribution in [2.75, 3.05) is 0 Å². The molecule has 2 heterocycles. The summed E-state index contributed by atoms with van der Waals surface area (Å²) in [6.45, 7) is 8.65. The van der Waals surface area contributed by atoms with Gasteiger partial charge in [0.2, 0.25) is 0 Å². The maximum Gasteiger partial charge on any atom is 0.144 e. The van der Waals surface area contributed by atoms with Crippen molar-refractivity contribution in [3.63, 3.8) is 0 Å². The molecule has 199 valence electrons. The number of aryl methyl sites for hydroxylation is 3. The third kappa shape index (κ3) is 5.95. The maximum absolute atomic E-state index is 9.86. The van der Waals surface area contributed by atoms with Gasteiger partial charge in [-0.1, -0.05) is 70.2 Å². The number of benzene rings is 4. The second-order valence-electron chi connectivity index (χ2n) is 10.0. The predicted octanol–water partition coefficient (Wildman–Crippen LogP) is 8.39. The first-order chi connectivity index (χ1) is 18.3. The van der Waals surface area contributed by atoms with E-state index in [0.717, 1.165) is 39.2 Å². The number of pyridine rings is 1. The molecule has 2 aromatic heterocycles. The number of para-hydroxylation sites is 3. The number of phenols is 1. The van der Waals surface area contributed by atoms with Gasteiger partial charge >= 0.3 is 0 Å². The van der Waals surface area contributed by atoms with Gasteiger partial charge in [0.1, 0.15) is 11.6 Å². The van der Waals surface area contributed by atoms with Crippen LogP contribution < -0.4 is 0 Å². The van der Waals surface area contributed by atoms with Crippen LogP contribution in [0.1, 0.15) is 36.5 Å². The van der Waals surface area contributed by atoms with E-state index in [1.165, 1.54) is 21.9 Å². The van der Waals surface area contributed by atoms with Crippen LogP contribution in [0, 0.1) is 19.9 Å². The Hall–Kier alpha value is -3.79. The molecule has 0 bridgehead atoms. The molecule has 0 aliphatic rings. The molecule has 4 nitrogen and oxygen atoms in total. The minimum atomic E-state index is 0. The fourth-order valence-corrected chi connectivity index (χ4v) is 4.84. The normalized spacial score (nSPS) is 10.8. The van der Waals surface area contributed by atoms with E-state index in [1.54, 1.807) is 6.07 Å². The number of hydrogen-bond acceptors (Lipinski definition) is 3. The smallest absolute Gasteiger partial charge is 0.144 e. The molecule has 0 saturated heterocycles. The number of hydrogen-bond donors (Lipinski definition) is 1. The zero-order chi connectivity index (χ0) is 26.8. The Morgan fingerprint density at radius 3 is 2.33 bits per heavy atom. The first-order valence-electron chi connectivity index (χ1n) is 12.9. The molecule has 1 N–H and O–H groups in total. The Morgan fingerprint density at radius 2 is 1.62 bits per heavy atom. The van der Waals surface area contributed by atoms with E-state index in [2.05, 4.69) is 80.1 Å². The number of imidazole rings is 1. The van der Waals surface area contributed by atoms with Crippen LogP contribution in [0.5, 0.6) is 5.75 Å². The van der Waals surface area contributed by atoms with Gasteiger partial charge in [-0.05, 0) is 58.3 Å². The molecular formula is C34H32IrN3O-. The van der Waals surface area contributed by atoms with Crippen molar-refractivity contribution in [3.8, 4) is 28.4 Å². The van der Waals surface area contributed by atoms with Crippen molar-refractivity contribution in [1.29, 1.82) is 0 Å². The molecule has 5 heteroatoms. The Bertz CT molecular complexity index is 1730. The number of rotatable bonds is 3. The molecule has 0 aliphatic heterocycles. The van der Waals surface area contributed by atoms with Crippen LogP contribution in [-0.2, 0) is 27.2 Å². The molecule has 39 heavy (non-hydrogen) atoms. The van der Waals surface area contributed by atoms with E-state index < -0.39 is 0 Å². The largest absolute Gasteiger partial charge is 0.507 e. The summed E-state index contributed by atoms with van der Waals surface area (Å²) in [6, 6.07) is 31.7. The Balaban J connectivity index is 0.000000180. The van der Waals surface area contributed by atoms with Gasteiger partial charge in [-0.15, -0.1) is 34.9 Å². The van der Waals surface area contributed by atoms with Gasteiger partial charge < -0.3 is 14.7 Å². The fourth-order valence-electron chi connectivity index (χ4n) is 4.84. The molecule has 0 amide bonds. The van der Waals surface area contributed by atoms with Gasteiger partial charge in [0, 0.05) is 33.3 Å². The van der Waals surface area contributed by atoms with Gasteiger partial charge in [-0.2, -0.15) is 0 Å². The summed E-state index contributed by atoms with van der Waals surface area (Å²) in [6.07, 6.45) is 1.90. The van der Waals surface area contributed by atoms with Crippen LogP contribution in [-0.4, -0.2) is 19.6 Å². The van der Waals surface area contributed by atoms with Gasteiger partial charge in [-0.25, -0.2) is 4.98 Å². The maximum atomic E-state index is 9.86. The van der Waals surface area contributed by atoms with Gasteiger partial charge in [0.15, 0.2) is 0 Å². The minimum Gasteiger partial charge on any atom is -0.507 e. The molecule has 0 spiro atoms. The second kappa shape index (κ2) is 11.9. The molecule has 0 saturated carbocycles. The van der Waals surface area contributed by atoms with E-state index in [-0.39, 0.29) is 25.9 Å². The standard InChI is InChI=1S/C20H20N.C14H12N2O.Ir/c1-13(2)16-5-6-19-17(12-16)7-8-21-20(19)18-10-14(3)9-15(4)11-18;1-16-12-8-4-3-7-11(12)15-14(16)10-6-2-5-9-13(10)17;/h5-10,12-13H,1-4H3;2-9,17H,1H3;/q-1;;. The minimum absolute atomic E-state index is 0. The summed E-state index contributed by atoms with van der Waals surface area (Å²) in [5, 5.41) is 12.3. The van der Waals surface area contributed by atoms with Crippen LogP contribution in [0.3, 0.4) is 0 Å². The topological polar surface area (TPSA) is 50.9 Å². The molecule has 0 aliphatic carbocycles. The number of aromatic hydroxyl groups is 1. The van der Waals surface area contributed by atoms with Gasteiger partial charge in [0.25, 0.3) is 0 Å². The van der Waals surface area contributed by atoms with Crippen LogP contribution in [0.4, 0.5) is 0 Å². The predicted molar refractivity (Wildman–Crippen MR) is 157 cm³/mol. The monoisotopic (exact) mass is 691 g/mol. The average Bonchev–Trinajstić information content (AvgIpc) is 3.24. The van der Waals surface area contributed by atoms with Crippen LogP contribution in [0.25, 0.3) is 44.5 Å². The molecule has 0 fully saturated rings. The first-order valence-corrected chi connectivity index (χ1v) is 12.9. The van der Waals surface area contributed by atoms with E-state index in [9.17, 15) is 5.11 Å². The van der Waals surface area contributed by atoms with Crippen LogP contribution in [0.2, 0.25) is 0 Å². The number of aromatic nitrogens is 3. The molecule has 4 aromatic carbocycles. The van der Waals surface area contributed by atoms with E-state index in [1.807, 2.05) is 60.3 Å². The third-order valence-corrected chi connectivity index (χ3v) is 6.79. The molecule has 6 rings (SSSR count).